The maximum atomic E-state index is 10.8. The van der Waals surface area contributed by atoms with E-state index in [0.29, 0.717) is 13.0 Å². The second-order valence-corrected chi connectivity index (χ2v) is 4.76. The Balaban J connectivity index is -0.000000268. The van der Waals surface area contributed by atoms with Gasteiger partial charge in [0, 0.05) is 0 Å². The number of carbonyl (C=O) groups is 2. The fourth-order valence-electron chi connectivity index (χ4n) is 1.79. The van der Waals surface area contributed by atoms with Gasteiger partial charge in [0.1, 0.15) is 0 Å². The number of hydrogen-bond donors (Lipinski definition) is 2. The van der Waals surface area contributed by atoms with E-state index in [4.69, 9.17) is 15.9 Å². The zero-order valence-corrected chi connectivity index (χ0v) is 15.9. The molecule has 0 aliphatic heterocycles. The molecular formula is C16H34N2O4Pt. The molecule has 0 aromatic carbocycles. The third-order valence-corrected chi connectivity index (χ3v) is 3.12. The first-order valence-corrected chi connectivity index (χ1v) is 7.53. The first-order chi connectivity index (χ1) is 9.92. The van der Waals surface area contributed by atoms with E-state index in [-0.39, 0.29) is 34.9 Å². The van der Waals surface area contributed by atoms with E-state index in [2.05, 4.69) is 25.7 Å². The Labute approximate surface area is 156 Å². The predicted molar refractivity (Wildman–Crippen MR) is 90.9 cm³/mol. The molecule has 0 amide bonds. The summed E-state index contributed by atoms with van der Waals surface area (Å²) >= 11 is 0. The Bertz CT molecular complexity index is 273. The van der Waals surface area contributed by atoms with Gasteiger partial charge in [-0.1, -0.05) is 27.7 Å². The molecule has 0 saturated carbocycles. The van der Waals surface area contributed by atoms with E-state index < -0.39 is 17.9 Å². The molecule has 1 atom stereocenters. The SMILES string of the molecule is C.CCN(CC)CCCCC(CC(=O)O)C(=O)O.[CH2-]CC[NH-].[Pt+2]. The molecule has 0 saturated heterocycles. The van der Waals surface area contributed by atoms with Crippen LogP contribution in [0.3, 0.4) is 0 Å². The number of rotatable bonds is 11. The molecule has 7 heteroatoms. The third kappa shape index (κ3) is 21.5. The number of carboxylic acid groups (broad SMARTS) is 2. The molecule has 0 heterocycles. The van der Waals surface area contributed by atoms with Crippen LogP contribution in [-0.2, 0) is 30.7 Å². The minimum atomic E-state index is -1.04. The molecule has 0 aliphatic rings. The van der Waals surface area contributed by atoms with Crippen molar-refractivity contribution in [3.8, 4) is 0 Å². The number of aliphatic carboxylic acids is 2. The van der Waals surface area contributed by atoms with Gasteiger partial charge in [0.25, 0.3) is 0 Å². The average molecular weight is 514 g/mol. The molecule has 1 unspecified atom stereocenters. The van der Waals surface area contributed by atoms with Crippen LogP contribution in [0.15, 0.2) is 0 Å². The first kappa shape index (κ1) is 30.4. The minimum Gasteiger partial charge on any atom is -0.679 e. The van der Waals surface area contributed by atoms with Gasteiger partial charge >= 0.3 is 33.0 Å². The van der Waals surface area contributed by atoms with Crippen molar-refractivity contribution >= 4 is 11.9 Å². The molecular weight excluding hydrogens is 479 g/mol. The van der Waals surface area contributed by atoms with Gasteiger partial charge in [0.15, 0.2) is 0 Å². The molecule has 0 aromatic rings. The van der Waals surface area contributed by atoms with E-state index in [0.717, 1.165) is 38.9 Å². The van der Waals surface area contributed by atoms with Crippen LogP contribution >= 0.6 is 0 Å². The van der Waals surface area contributed by atoms with Gasteiger partial charge in [-0.05, 0) is 32.5 Å². The largest absolute Gasteiger partial charge is 2.00 e. The number of nitrogens with zero attached hydrogens (tertiary/aromatic N) is 1. The van der Waals surface area contributed by atoms with Crippen LogP contribution in [0.2, 0.25) is 0 Å². The zero-order chi connectivity index (χ0) is 16.7. The summed E-state index contributed by atoms with van der Waals surface area (Å²) in [6, 6.07) is 0. The minimum absolute atomic E-state index is 0. The maximum Gasteiger partial charge on any atom is 2.00 e. The van der Waals surface area contributed by atoms with Crippen molar-refractivity contribution in [2.24, 2.45) is 5.92 Å². The molecule has 0 bridgehead atoms. The van der Waals surface area contributed by atoms with Crippen LogP contribution in [0.5, 0.6) is 0 Å². The van der Waals surface area contributed by atoms with Crippen molar-refractivity contribution in [1.82, 2.24) is 4.90 Å². The topological polar surface area (TPSA) is 102 Å². The van der Waals surface area contributed by atoms with Crippen molar-refractivity contribution in [3.63, 3.8) is 0 Å². The van der Waals surface area contributed by atoms with Crippen molar-refractivity contribution < 1.29 is 40.9 Å². The van der Waals surface area contributed by atoms with E-state index in [1.807, 2.05) is 0 Å². The molecule has 3 N–H and O–H groups in total. The normalized spacial score (nSPS) is 10.7. The van der Waals surface area contributed by atoms with Crippen molar-refractivity contribution in [1.29, 1.82) is 0 Å². The summed E-state index contributed by atoms with van der Waals surface area (Å²) in [4.78, 5) is 23.5. The van der Waals surface area contributed by atoms with Gasteiger partial charge in [-0.3, -0.25) is 9.59 Å². The van der Waals surface area contributed by atoms with Gasteiger partial charge in [-0.25, -0.2) is 6.42 Å². The van der Waals surface area contributed by atoms with Crippen molar-refractivity contribution in [2.75, 3.05) is 26.2 Å². The molecule has 23 heavy (non-hydrogen) atoms. The average Bonchev–Trinajstić information content (AvgIpc) is 2.45. The molecule has 142 valence electrons. The van der Waals surface area contributed by atoms with Crippen molar-refractivity contribution in [2.45, 2.75) is 53.4 Å². The summed E-state index contributed by atoms with van der Waals surface area (Å²) in [6.07, 6.45) is 2.59. The second kappa shape index (κ2) is 21.5. The van der Waals surface area contributed by atoms with E-state index in [9.17, 15) is 9.59 Å². The van der Waals surface area contributed by atoms with Crippen LogP contribution in [-0.4, -0.2) is 53.2 Å². The molecule has 0 rings (SSSR count). The van der Waals surface area contributed by atoms with Gasteiger partial charge in [-0.15, -0.1) is 0 Å². The Morgan fingerprint density at radius 1 is 1.17 bits per heavy atom. The van der Waals surface area contributed by atoms with Gasteiger partial charge in [0.05, 0.1) is 12.3 Å². The number of nitrogens with one attached hydrogen (secondary N) is 1. The quantitative estimate of drug-likeness (QED) is 0.325. The van der Waals surface area contributed by atoms with Crippen LogP contribution in [0.1, 0.15) is 53.4 Å². The summed E-state index contributed by atoms with van der Waals surface area (Å²) in [7, 11) is 0. The fraction of sp³-hybridized carbons (Fsp3) is 0.812. The molecule has 0 aromatic heterocycles. The molecule has 0 aliphatic carbocycles. The first-order valence-electron chi connectivity index (χ1n) is 7.53. The summed E-state index contributed by atoms with van der Waals surface area (Å²) < 4.78 is 0. The van der Waals surface area contributed by atoms with Crippen LogP contribution in [0, 0.1) is 12.8 Å². The van der Waals surface area contributed by atoms with E-state index in [1.54, 1.807) is 0 Å². The zero-order valence-electron chi connectivity index (χ0n) is 13.6. The van der Waals surface area contributed by atoms with Crippen LogP contribution in [0.4, 0.5) is 0 Å². The fourth-order valence-corrected chi connectivity index (χ4v) is 1.79. The Hall–Kier alpha value is -0.452. The predicted octanol–water partition coefficient (Wildman–Crippen LogP) is 3.57. The summed E-state index contributed by atoms with van der Waals surface area (Å²) in [6.45, 7) is 11.0. The second-order valence-electron chi connectivity index (χ2n) is 4.76. The smallest absolute Gasteiger partial charge is 0.679 e. The van der Waals surface area contributed by atoms with Crippen LogP contribution in [0.25, 0.3) is 5.73 Å². The maximum absolute atomic E-state index is 10.8. The Kier molecular flexibility index (Phi) is 28.5. The summed E-state index contributed by atoms with van der Waals surface area (Å²) in [5.41, 5.74) is 6.39. The molecule has 0 fully saturated rings. The van der Waals surface area contributed by atoms with E-state index >= 15 is 0 Å². The van der Waals surface area contributed by atoms with Crippen LogP contribution < -0.4 is 0 Å². The number of hydrogen-bond acceptors (Lipinski definition) is 3. The Morgan fingerprint density at radius 3 is 1.96 bits per heavy atom. The monoisotopic (exact) mass is 513 g/mol. The third-order valence-electron chi connectivity index (χ3n) is 3.12. The van der Waals surface area contributed by atoms with Gasteiger partial charge in [-0.2, -0.15) is 6.54 Å². The summed E-state index contributed by atoms with van der Waals surface area (Å²) in [5.74, 6) is -2.79. The Morgan fingerprint density at radius 2 is 1.65 bits per heavy atom. The molecule has 6 nitrogen and oxygen atoms in total. The summed E-state index contributed by atoms with van der Waals surface area (Å²) in [5, 5.41) is 17.4. The standard InChI is InChI=1S/C12H23NO4.C3H7N.CH4.Pt/c1-3-13(4-2)8-6-5-7-10(12(16)17)9-11(14)15;1-2-3-4;;/h10H,3-9H2,1-2H3,(H,14,15)(H,16,17);4H,1-3H2;1H4;/q;-2;;+2. The molecule has 0 radical (unpaired) electrons. The number of carboxylic acids is 2. The van der Waals surface area contributed by atoms with Gasteiger partial charge < -0.3 is 27.8 Å². The molecule has 0 spiro atoms. The van der Waals surface area contributed by atoms with E-state index in [1.165, 1.54) is 0 Å². The van der Waals surface area contributed by atoms with Gasteiger partial charge in [0.2, 0.25) is 0 Å². The van der Waals surface area contributed by atoms with Crippen molar-refractivity contribution in [3.05, 3.63) is 12.7 Å². The number of unbranched alkanes of at least 4 members (excludes halogenated alkanes) is 1.